The summed E-state index contributed by atoms with van der Waals surface area (Å²) in [6.07, 6.45) is 3.57. The molecule has 0 bridgehead atoms. The second-order valence-corrected chi connectivity index (χ2v) is 7.58. The summed E-state index contributed by atoms with van der Waals surface area (Å²) in [5.74, 6) is 0.769. The van der Waals surface area contributed by atoms with E-state index in [2.05, 4.69) is 20.6 Å². The number of aromatic nitrogens is 1. The highest BCUT2D eigenvalue weighted by Gasteiger charge is 2.27. The molecule has 1 aromatic heterocycles. The highest BCUT2D eigenvalue weighted by Crippen LogP contribution is 2.20. The van der Waals surface area contributed by atoms with E-state index in [1.165, 1.54) is 6.07 Å². The van der Waals surface area contributed by atoms with E-state index in [0.29, 0.717) is 13.1 Å². The molecule has 0 aliphatic carbocycles. The molecule has 8 heteroatoms. The van der Waals surface area contributed by atoms with Crippen LogP contribution in [0.2, 0.25) is 0 Å². The molecule has 1 atom stereocenters. The molecule has 3 rings (SSSR count). The Morgan fingerprint density at radius 3 is 2.93 bits per heavy atom. The Bertz CT molecular complexity index is 851. The first kappa shape index (κ1) is 23.4. The summed E-state index contributed by atoms with van der Waals surface area (Å²) in [7, 11) is 0. The molecule has 0 spiro atoms. The van der Waals surface area contributed by atoms with Crippen molar-refractivity contribution in [2.45, 2.75) is 39.7 Å². The van der Waals surface area contributed by atoms with Gasteiger partial charge in [0.15, 0.2) is 5.96 Å². The minimum absolute atomic E-state index is 0. The van der Waals surface area contributed by atoms with Crippen molar-refractivity contribution in [3.05, 3.63) is 35.8 Å². The summed E-state index contributed by atoms with van der Waals surface area (Å²) in [4.78, 5) is 21.9. The van der Waals surface area contributed by atoms with Crippen LogP contribution in [0.3, 0.4) is 0 Å². The fourth-order valence-electron chi connectivity index (χ4n) is 3.60. The molecule has 6 nitrogen and oxygen atoms in total. The van der Waals surface area contributed by atoms with Gasteiger partial charge in [-0.05, 0) is 43.5 Å². The molecule has 1 aromatic carbocycles. The van der Waals surface area contributed by atoms with Crippen LogP contribution in [0, 0.1) is 11.7 Å². The van der Waals surface area contributed by atoms with Gasteiger partial charge in [0.2, 0.25) is 5.91 Å². The third kappa shape index (κ3) is 6.07. The van der Waals surface area contributed by atoms with Gasteiger partial charge < -0.3 is 20.5 Å². The van der Waals surface area contributed by atoms with Gasteiger partial charge in [-0.2, -0.15) is 0 Å². The Kier molecular flexibility index (Phi) is 8.73. The van der Waals surface area contributed by atoms with E-state index in [0.717, 1.165) is 48.4 Å². The van der Waals surface area contributed by atoms with Crippen LogP contribution >= 0.6 is 24.0 Å². The van der Waals surface area contributed by atoms with Crippen molar-refractivity contribution in [2.24, 2.45) is 10.9 Å². The zero-order valence-electron chi connectivity index (χ0n) is 17.3. The largest absolute Gasteiger partial charge is 0.361 e. The van der Waals surface area contributed by atoms with Crippen molar-refractivity contribution < 1.29 is 9.18 Å². The maximum atomic E-state index is 13.5. The topological polar surface area (TPSA) is 72.5 Å². The SMILES string of the molecule is CCNC(=NCCc1c[nH]c2ccc(F)cc12)NC1CCN(C(=O)C(C)C)C1.I. The molecule has 1 aliphatic heterocycles. The average Bonchev–Trinajstić information content (AvgIpc) is 3.28. The number of amides is 1. The predicted octanol–water partition coefficient (Wildman–Crippen LogP) is 3.28. The van der Waals surface area contributed by atoms with E-state index >= 15 is 0 Å². The maximum absolute atomic E-state index is 13.5. The van der Waals surface area contributed by atoms with Crippen molar-refractivity contribution in [3.8, 4) is 0 Å². The Morgan fingerprint density at radius 1 is 1.41 bits per heavy atom. The zero-order valence-corrected chi connectivity index (χ0v) is 19.6. The van der Waals surface area contributed by atoms with Crippen molar-refractivity contribution in [2.75, 3.05) is 26.2 Å². The molecular weight excluding hydrogens is 484 g/mol. The molecule has 160 valence electrons. The molecule has 3 N–H and O–H groups in total. The number of rotatable bonds is 6. The monoisotopic (exact) mass is 515 g/mol. The molecule has 1 unspecified atom stereocenters. The number of H-pyrrole nitrogens is 1. The predicted molar refractivity (Wildman–Crippen MR) is 126 cm³/mol. The smallest absolute Gasteiger partial charge is 0.225 e. The molecule has 0 radical (unpaired) electrons. The van der Waals surface area contributed by atoms with Gasteiger partial charge in [0.05, 0.1) is 0 Å². The third-order valence-electron chi connectivity index (χ3n) is 5.06. The molecule has 1 amide bonds. The lowest BCUT2D eigenvalue weighted by atomic mass is 10.1. The van der Waals surface area contributed by atoms with Crippen LogP contribution in [-0.2, 0) is 11.2 Å². The molecule has 1 fully saturated rings. The van der Waals surface area contributed by atoms with Crippen LogP contribution in [0.1, 0.15) is 32.8 Å². The Morgan fingerprint density at radius 2 is 2.21 bits per heavy atom. The van der Waals surface area contributed by atoms with E-state index in [4.69, 9.17) is 0 Å². The fraction of sp³-hybridized carbons (Fsp3) is 0.524. The number of hydrogen-bond donors (Lipinski definition) is 3. The van der Waals surface area contributed by atoms with Crippen LogP contribution in [0.25, 0.3) is 10.9 Å². The molecule has 1 saturated heterocycles. The first-order valence-electron chi connectivity index (χ1n) is 10.1. The van der Waals surface area contributed by atoms with Crippen molar-refractivity contribution in [3.63, 3.8) is 0 Å². The van der Waals surface area contributed by atoms with Crippen LogP contribution in [0.15, 0.2) is 29.4 Å². The summed E-state index contributed by atoms with van der Waals surface area (Å²) < 4.78 is 13.5. The molecule has 1 aliphatic rings. The van der Waals surface area contributed by atoms with Gasteiger partial charge in [0, 0.05) is 55.2 Å². The first-order chi connectivity index (χ1) is 13.5. The van der Waals surface area contributed by atoms with Gasteiger partial charge in [-0.3, -0.25) is 9.79 Å². The Balaban J connectivity index is 0.00000300. The van der Waals surface area contributed by atoms with Crippen LogP contribution < -0.4 is 10.6 Å². The number of carbonyl (C=O) groups is 1. The van der Waals surface area contributed by atoms with Crippen LogP contribution in [-0.4, -0.2) is 54.0 Å². The van der Waals surface area contributed by atoms with Gasteiger partial charge in [-0.1, -0.05) is 13.8 Å². The number of fused-ring (bicyclic) bond motifs is 1. The number of halogens is 2. The highest BCUT2D eigenvalue weighted by atomic mass is 127. The Labute approximate surface area is 188 Å². The summed E-state index contributed by atoms with van der Waals surface area (Å²) in [5, 5.41) is 7.62. The van der Waals surface area contributed by atoms with Gasteiger partial charge in [0.25, 0.3) is 0 Å². The van der Waals surface area contributed by atoms with Crippen LogP contribution in [0.5, 0.6) is 0 Å². The molecule has 29 heavy (non-hydrogen) atoms. The number of nitrogens with zero attached hydrogens (tertiary/aromatic N) is 2. The summed E-state index contributed by atoms with van der Waals surface area (Å²) >= 11 is 0. The quantitative estimate of drug-likeness (QED) is 0.314. The van der Waals surface area contributed by atoms with Gasteiger partial charge in [-0.25, -0.2) is 4.39 Å². The summed E-state index contributed by atoms with van der Waals surface area (Å²) in [5.41, 5.74) is 2.00. The van der Waals surface area contributed by atoms with Crippen molar-refractivity contribution in [1.29, 1.82) is 0 Å². The van der Waals surface area contributed by atoms with Crippen molar-refractivity contribution in [1.82, 2.24) is 20.5 Å². The van der Waals surface area contributed by atoms with E-state index in [1.807, 2.05) is 31.9 Å². The fourth-order valence-corrected chi connectivity index (χ4v) is 3.60. The number of aromatic amines is 1. The lowest BCUT2D eigenvalue weighted by Gasteiger charge is -2.20. The van der Waals surface area contributed by atoms with Crippen LogP contribution in [0.4, 0.5) is 4.39 Å². The average molecular weight is 515 g/mol. The van der Waals surface area contributed by atoms with E-state index < -0.39 is 0 Å². The second kappa shape index (κ2) is 10.8. The number of guanidine groups is 1. The lowest BCUT2D eigenvalue weighted by molar-refractivity contribution is -0.133. The number of likely N-dealkylation sites (tertiary alicyclic amines) is 1. The van der Waals surface area contributed by atoms with Gasteiger partial charge >= 0.3 is 0 Å². The third-order valence-corrected chi connectivity index (χ3v) is 5.06. The number of carbonyl (C=O) groups excluding carboxylic acids is 1. The first-order valence-corrected chi connectivity index (χ1v) is 10.1. The molecule has 2 aromatic rings. The standard InChI is InChI=1S/C21H30FN5O.HI/c1-4-23-21(26-17-8-10-27(13-17)20(28)14(2)3)24-9-7-15-12-25-19-6-5-16(22)11-18(15)19;/h5-6,11-12,14,17,25H,4,7-10,13H2,1-3H3,(H2,23,24,26);1H. The van der Waals surface area contributed by atoms with E-state index in [9.17, 15) is 9.18 Å². The molecule has 2 heterocycles. The van der Waals surface area contributed by atoms with E-state index in [1.54, 1.807) is 12.1 Å². The summed E-state index contributed by atoms with van der Waals surface area (Å²) in [6.45, 7) is 8.77. The minimum atomic E-state index is -0.228. The number of hydrogen-bond acceptors (Lipinski definition) is 2. The minimum Gasteiger partial charge on any atom is -0.361 e. The highest BCUT2D eigenvalue weighted by molar-refractivity contribution is 14.0. The molecular formula is C21H31FIN5O. The van der Waals surface area contributed by atoms with Gasteiger partial charge in [0.1, 0.15) is 5.82 Å². The number of nitrogens with one attached hydrogen (secondary N) is 3. The number of aliphatic imine (C=N–C) groups is 1. The number of benzene rings is 1. The maximum Gasteiger partial charge on any atom is 0.225 e. The van der Waals surface area contributed by atoms with E-state index in [-0.39, 0.29) is 47.7 Å². The normalized spacial score (nSPS) is 16.9. The Hall–Kier alpha value is -1.84. The lowest BCUT2D eigenvalue weighted by Crippen LogP contribution is -2.45. The van der Waals surface area contributed by atoms with Gasteiger partial charge in [-0.15, -0.1) is 24.0 Å². The molecule has 0 saturated carbocycles. The van der Waals surface area contributed by atoms with Crippen molar-refractivity contribution >= 4 is 46.7 Å². The zero-order chi connectivity index (χ0) is 20.1. The summed E-state index contributed by atoms with van der Waals surface area (Å²) in [6, 6.07) is 4.99. The second-order valence-electron chi connectivity index (χ2n) is 7.58.